The summed E-state index contributed by atoms with van der Waals surface area (Å²) >= 11 is 0. The number of nitrogens with zero attached hydrogens (tertiary/aromatic N) is 1. The molecule has 1 rings (SSSR count). The molecule has 0 bridgehead atoms. The summed E-state index contributed by atoms with van der Waals surface area (Å²) in [4.78, 5) is 2.63. The molecule has 0 amide bonds. The largest absolute Gasteiger partial charge is 0.376 e. The lowest BCUT2D eigenvalue weighted by Gasteiger charge is -2.33. The molecule has 120 valence electrons. The molecule has 1 fully saturated rings. The van der Waals surface area contributed by atoms with E-state index in [0.29, 0.717) is 6.10 Å². The molecule has 0 unspecified atom stereocenters. The van der Waals surface area contributed by atoms with Crippen molar-refractivity contribution in [2.24, 2.45) is 0 Å². The molecular formula is C18H37NO. The molecule has 0 radical (unpaired) electrons. The summed E-state index contributed by atoms with van der Waals surface area (Å²) in [5.41, 5.74) is 0. The molecule has 0 aliphatic carbocycles. The Labute approximate surface area is 127 Å². The van der Waals surface area contributed by atoms with E-state index in [4.69, 9.17) is 4.74 Å². The predicted molar refractivity (Wildman–Crippen MR) is 88.3 cm³/mol. The molecule has 20 heavy (non-hydrogen) atoms. The third-order valence-corrected chi connectivity index (χ3v) is 4.43. The van der Waals surface area contributed by atoms with Crippen molar-refractivity contribution in [3.05, 3.63) is 0 Å². The molecule has 1 aliphatic rings. The average molecular weight is 284 g/mol. The quantitative estimate of drug-likeness (QED) is 0.466. The molecule has 0 saturated carbocycles. The Bertz CT molecular complexity index is 208. The monoisotopic (exact) mass is 283 g/mol. The van der Waals surface area contributed by atoms with E-state index in [-0.39, 0.29) is 0 Å². The second-order valence-corrected chi connectivity index (χ2v) is 6.41. The lowest BCUT2D eigenvalue weighted by atomic mass is 10.1. The normalized spacial score (nSPS) is 20.4. The predicted octanol–water partition coefficient (Wildman–Crippen LogP) is 5.02. The van der Waals surface area contributed by atoms with Crippen LogP contribution in [0.3, 0.4) is 0 Å². The minimum Gasteiger partial charge on any atom is -0.376 e. The van der Waals surface area contributed by atoms with E-state index in [0.717, 1.165) is 13.2 Å². The van der Waals surface area contributed by atoms with Gasteiger partial charge in [0.2, 0.25) is 0 Å². The number of hydrogen-bond acceptors (Lipinski definition) is 2. The van der Waals surface area contributed by atoms with Gasteiger partial charge in [0, 0.05) is 13.1 Å². The summed E-state index contributed by atoms with van der Waals surface area (Å²) in [6.07, 6.45) is 15.7. The van der Waals surface area contributed by atoms with Crippen LogP contribution in [0.1, 0.15) is 84.5 Å². The topological polar surface area (TPSA) is 12.5 Å². The maximum absolute atomic E-state index is 5.85. The van der Waals surface area contributed by atoms with Crippen LogP contribution in [0.15, 0.2) is 0 Å². The molecular weight excluding hydrogens is 246 g/mol. The molecule has 1 atom stereocenters. The van der Waals surface area contributed by atoms with E-state index in [2.05, 4.69) is 18.7 Å². The zero-order valence-electron chi connectivity index (χ0n) is 14.0. The van der Waals surface area contributed by atoms with Crippen molar-refractivity contribution in [2.45, 2.75) is 90.6 Å². The van der Waals surface area contributed by atoms with Gasteiger partial charge in [-0.05, 0) is 19.4 Å². The number of unbranched alkanes of at least 4 members (excludes halogenated alkanes) is 8. The molecule has 2 heteroatoms. The molecule has 1 saturated heterocycles. The van der Waals surface area contributed by atoms with Gasteiger partial charge in [0.1, 0.15) is 0 Å². The minimum atomic E-state index is 0.512. The molecule has 2 nitrogen and oxygen atoms in total. The fourth-order valence-corrected chi connectivity index (χ4v) is 3.06. The second kappa shape index (κ2) is 12.6. The van der Waals surface area contributed by atoms with Gasteiger partial charge < -0.3 is 4.74 Å². The SMILES string of the molecule is CCCCCCCCCCN1CCO[C@@H](CCCC)C1. The number of hydrogen-bond donors (Lipinski definition) is 0. The van der Waals surface area contributed by atoms with Crippen molar-refractivity contribution in [3.8, 4) is 0 Å². The van der Waals surface area contributed by atoms with Crippen molar-refractivity contribution >= 4 is 0 Å². The third-order valence-electron chi connectivity index (χ3n) is 4.43. The van der Waals surface area contributed by atoms with Gasteiger partial charge in [0.05, 0.1) is 12.7 Å². The van der Waals surface area contributed by atoms with Gasteiger partial charge in [-0.25, -0.2) is 0 Å². The lowest BCUT2D eigenvalue weighted by molar-refractivity contribution is -0.0331. The lowest BCUT2D eigenvalue weighted by Crippen LogP contribution is -2.42. The number of morpholine rings is 1. The highest BCUT2D eigenvalue weighted by Crippen LogP contribution is 2.13. The van der Waals surface area contributed by atoms with Crippen LogP contribution in [0.2, 0.25) is 0 Å². The van der Waals surface area contributed by atoms with Crippen LogP contribution in [0, 0.1) is 0 Å². The Hall–Kier alpha value is -0.0800. The summed E-state index contributed by atoms with van der Waals surface area (Å²) in [6, 6.07) is 0. The summed E-state index contributed by atoms with van der Waals surface area (Å²) in [5.74, 6) is 0. The molecule has 0 aromatic heterocycles. The van der Waals surface area contributed by atoms with Crippen molar-refractivity contribution in [3.63, 3.8) is 0 Å². The third kappa shape index (κ3) is 8.97. The maximum Gasteiger partial charge on any atom is 0.0702 e. The van der Waals surface area contributed by atoms with Crippen LogP contribution < -0.4 is 0 Å². The zero-order chi connectivity index (χ0) is 14.5. The van der Waals surface area contributed by atoms with Gasteiger partial charge in [0.25, 0.3) is 0 Å². The van der Waals surface area contributed by atoms with Crippen LogP contribution in [-0.4, -0.2) is 37.2 Å². The van der Waals surface area contributed by atoms with Gasteiger partial charge in [-0.2, -0.15) is 0 Å². The molecule has 0 aromatic carbocycles. The first-order valence-corrected chi connectivity index (χ1v) is 9.20. The Morgan fingerprint density at radius 1 is 0.850 bits per heavy atom. The Morgan fingerprint density at radius 3 is 2.20 bits per heavy atom. The van der Waals surface area contributed by atoms with E-state index in [9.17, 15) is 0 Å². The van der Waals surface area contributed by atoms with Crippen molar-refractivity contribution in [1.82, 2.24) is 4.90 Å². The Morgan fingerprint density at radius 2 is 1.50 bits per heavy atom. The molecule has 0 aromatic rings. The van der Waals surface area contributed by atoms with Crippen LogP contribution in [-0.2, 0) is 4.74 Å². The van der Waals surface area contributed by atoms with Gasteiger partial charge in [-0.15, -0.1) is 0 Å². The molecule has 1 aliphatic heterocycles. The first kappa shape index (κ1) is 18.0. The van der Waals surface area contributed by atoms with Crippen LogP contribution in [0.5, 0.6) is 0 Å². The van der Waals surface area contributed by atoms with Crippen molar-refractivity contribution in [1.29, 1.82) is 0 Å². The summed E-state index contributed by atoms with van der Waals surface area (Å²) < 4.78 is 5.85. The number of rotatable bonds is 12. The van der Waals surface area contributed by atoms with E-state index in [1.54, 1.807) is 0 Å². The van der Waals surface area contributed by atoms with E-state index in [1.807, 2.05) is 0 Å². The summed E-state index contributed by atoms with van der Waals surface area (Å²) in [7, 11) is 0. The maximum atomic E-state index is 5.85. The first-order chi connectivity index (χ1) is 9.86. The van der Waals surface area contributed by atoms with Gasteiger partial charge in [0.15, 0.2) is 0 Å². The summed E-state index contributed by atoms with van der Waals surface area (Å²) in [6.45, 7) is 9.12. The first-order valence-electron chi connectivity index (χ1n) is 9.20. The Balaban J connectivity index is 1.93. The fraction of sp³-hybridized carbons (Fsp3) is 1.00. The average Bonchev–Trinajstić information content (AvgIpc) is 2.48. The van der Waals surface area contributed by atoms with E-state index in [1.165, 1.54) is 83.7 Å². The van der Waals surface area contributed by atoms with Crippen LogP contribution in [0.4, 0.5) is 0 Å². The highest BCUT2D eigenvalue weighted by atomic mass is 16.5. The Kier molecular flexibility index (Phi) is 11.4. The molecule has 0 spiro atoms. The van der Waals surface area contributed by atoms with Crippen LogP contribution >= 0.6 is 0 Å². The summed E-state index contributed by atoms with van der Waals surface area (Å²) in [5, 5.41) is 0. The highest BCUT2D eigenvalue weighted by Gasteiger charge is 2.19. The van der Waals surface area contributed by atoms with E-state index >= 15 is 0 Å². The highest BCUT2D eigenvalue weighted by molar-refractivity contribution is 4.71. The standard InChI is InChI=1S/C18H37NO/c1-3-5-7-8-9-10-11-12-14-19-15-16-20-18(17-19)13-6-4-2/h18H,3-17H2,1-2H3/t18-/m0/s1. The van der Waals surface area contributed by atoms with Crippen molar-refractivity contribution < 1.29 is 4.74 Å². The smallest absolute Gasteiger partial charge is 0.0702 e. The van der Waals surface area contributed by atoms with Crippen molar-refractivity contribution in [2.75, 3.05) is 26.2 Å². The zero-order valence-corrected chi connectivity index (χ0v) is 14.0. The molecule has 0 N–H and O–H groups in total. The fourth-order valence-electron chi connectivity index (χ4n) is 3.06. The molecule has 1 heterocycles. The van der Waals surface area contributed by atoms with Gasteiger partial charge in [-0.3, -0.25) is 4.90 Å². The second-order valence-electron chi connectivity index (χ2n) is 6.41. The van der Waals surface area contributed by atoms with Gasteiger partial charge in [-0.1, -0.05) is 71.6 Å². The van der Waals surface area contributed by atoms with Gasteiger partial charge >= 0.3 is 0 Å². The van der Waals surface area contributed by atoms with E-state index < -0.39 is 0 Å². The minimum absolute atomic E-state index is 0.512. The van der Waals surface area contributed by atoms with Crippen LogP contribution in [0.25, 0.3) is 0 Å². The number of ether oxygens (including phenoxy) is 1.